The van der Waals surface area contributed by atoms with E-state index in [1.54, 1.807) is 0 Å². The first kappa shape index (κ1) is 13.9. The van der Waals surface area contributed by atoms with Gasteiger partial charge in [0.2, 0.25) is 0 Å². The molecule has 0 bridgehead atoms. The monoisotopic (exact) mass is 228 g/mol. The summed E-state index contributed by atoms with van der Waals surface area (Å²) in [6.45, 7) is 6.45. The Balaban J connectivity index is 4.06. The fourth-order valence-corrected chi connectivity index (χ4v) is 0.680. The molecule has 0 spiro atoms. The maximum atomic E-state index is 11.0. The largest absolute Gasteiger partial charge is 0.481 e. The van der Waals surface area contributed by atoms with E-state index in [2.05, 4.69) is 22.6 Å². The molecule has 0 saturated heterocycles. The molecule has 0 aliphatic carbocycles. The van der Waals surface area contributed by atoms with E-state index in [0.717, 1.165) is 12.2 Å². The van der Waals surface area contributed by atoms with E-state index in [0.29, 0.717) is 0 Å². The van der Waals surface area contributed by atoms with Crippen LogP contribution >= 0.6 is 0 Å². The normalized spacial score (nSPS) is 11.0. The first-order valence-corrected chi connectivity index (χ1v) is 4.36. The summed E-state index contributed by atoms with van der Waals surface area (Å²) in [5.41, 5.74) is 0. The third-order valence-corrected chi connectivity index (χ3v) is 1.38. The van der Waals surface area contributed by atoms with E-state index in [4.69, 9.17) is 5.11 Å². The van der Waals surface area contributed by atoms with Crippen molar-refractivity contribution in [3.63, 3.8) is 0 Å². The molecule has 1 N–H and O–H groups in total. The standard InChI is InChI=1S/C10H12O6/c1-3-8(13)15-10(4-2)16-9(14)6-5-7(11)12/h3-4,10H,1-2,5-6H2,(H,11,12). The summed E-state index contributed by atoms with van der Waals surface area (Å²) in [4.78, 5) is 31.9. The van der Waals surface area contributed by atoms with Crippen LogP contribution in [-0.2, 0) is 23.9 Å². The van der Waals surface area contributed by atoms with Gasteiger partial charge in [0.05, 0.1) is 12.8 Å². The second-order valence-electron chi connectivity index (χ2n) is 2.63. The third kappa shape index (κ3) is 6.36. The van der Waals surface area contributed by atoms with Crippen LogP contribution in [0.5, 0.6) is 0 Å². The lowest BCUT2D eigenvalue weighted by molar-refractivity contribution is -0.176. The van der Waals surface area contributed by atoms with Gasteiger partial charge < -0.3 is 14.6 Å². The molecule has 1 atom stereocenters. The van der Waals surface area contributed by atoms with E-state index in [-0.39, 0.29) is 12.8 Å². The lowest BCUT2D eigenvalue weighted by Crippen LogP contribution is -2.22. The summed E-state index contributed by atoms with van der Waals surface area (Å²) >= 11 is 0. The Morgan fingerprint density at radius 3 is 2.25 bits per heavy atom. The number of rotatable bonds is 7. The van der Waals surface area contributed by atoms with E-state index in [9.17, 15) is 14.4 Å². The first-order chi connectivity index (χ1) is 7.49. The first-order valence-electron chi connectivity index (χ1n) is 4.36. The van der Waals surface area contributed by atoms with Gasteiger partial charge in [0.1, 0.15) is 0 Å². The van der Waals surface area contributed by atoms with Crippen LogP contribution in [0.25, 0.3) is 0 Å². The Bertz CT molecular complexity index is 306. The molecule has 0 radical (unpaired) electrons. The summed E-state index contributed by atoms with van der Waals surface area (Å²) in [5, 5.41) is 8.31. The average Bonchev–Trinajstić information content (AvgIpc) is 2.25. The number of ether oxygens (including phenoxy) is 2. The summed E-state index contributed by atoms with van der Waals surface area (Å²) in [6, 6.07) is 0. The van der Waals surface area contributed by atoms with Crippen molar-refractivity contribution in [2.45, 2.75) is 19.1 Å². The lowest BCUT2D eigenvalue weighted by Gasteiger charge is -2.13. The molecule has 0 aromatic rings. The maximum absolute atomic E-state index is 11.0. The van der Waals surface area contributed by atoms with Crippen molar-refractivity contribution in [3.8, 4) is 0 Å². The zero-order chi connectivity index (χ0) is 12.6. The van der Waals surface area contributed by atoms with E-state index in [1.807, 2.05) is 0 Å². The van der Waals surface area contributed by atoms with E-state index in [1.165, 1.54) is 0 Å². The molecule has 88 valence electrons. The molecule has 0 rings (SSSR count). The molecule has 0 saturated carbocycles. The molecular weight excluding hydrogens is 216 g/mol. The van der Waals surface area contributed by atoms with Crippen LogP contribution in [0.3, 0.4) is 0 Å². The number of hydrogen-bond donors (Lipinski definition) is 1. The smallest absolute Gasteiger partial charge is 0.333 e. The van der Waals surface area contributed by atoms with Crippen LogP contribution in [0.15, 0.2) is 25.3 Å². The quantitative estimate of drug-likeness (QED) is 0.297. The minimum absolute atomic E-state index is 0.300. The van der Waals surface area contributed by atoms with Crippen molar-refractivity contribution in [1.29, 1.82) is 0 Å². The zero-order valence-corrected chi connectivity index (χ0v) is 8.55. The fraction of sp³-hybridized carbons (Fsp3) is 0.300. The highest BCUT2D eigenvalue weighted by Gasteiger charge is 2.14. The molecule has 1 unspecified atom stereocenters. The molecule has 0 aromatic carbocycles. The van der Waals surface area contributed by atoms with Gasteiger partial charge in [-0.15, -0.1) is 0 Å². The molecule has 6 heteroatoms. The maximum Gasteiger partial charge on any atom is 0.333 e. The van der Waals surface area contributed by atoms with Gasteiger partial charge in [0.15, 0.2) is 0 Å². The van der Waals surface area contributed by atoms with Crippen LogP contribution in [0, 0.1) is 0 Å². The third-order valence-electron chi connectivity index (χ3n) is 1.38. The topological polar surface area (TPSA) is 89.9 Å². The highest BCUT2D eigenvalue weighted by Crippen LogP contribution is 2.02. The molecule has 0 fully saturated rings. The number of carboxylic acids is 1. The summed E-state index contributed by atoms with van der Waals surface area (Å²) in [5.74, 6) is -2.67. The molecule has 0 heterocycles. The summed E-state index contributed by atoms with van der Waals surface area (Å²) in [6.07, 6.45) is 0.122. The van der Waals surface area contributed by atoms with Crippen molar-refractivity contribution >= 4 is 17.9 Å². The molecule has 6 nitrogen and oxygen atoms in total. The number of carbonyl (C=O) groups excluding carboxylic acids is 2. The second-order valence-corrected chi connectivity index (χ2v) is 2.63. The Morgan fingerprint density at radius 1 is 1.19 bits per heavy atom. The lowest BCUT2D eigenvalue weighted by atomic mass is 10.3. The van der Waals surface area contributed by atoms with Crippen molar-refractivity contribution < 1.29 is 29.0 Å². The number of carbonyl (C=O) groups is 3. The minimum atomic E-state index is -1.23. The molecular formula is C10H12O6. The molecule has 0 aliphatic heterocycles. The Hall–Kier alpha value is -2.11. The van der Waals surface area contributed by atoms with Gasteiger partial charge in [0.25, 0.3) is 6.29 Å². The van der Waals surface area contributed by atoms with Crippen molar-refractivity contribution in [1.82, 2.24) is 0 Å². The van der Waals surface area contributed by atoms with Crippen LogP contribution in [-0.4, -0.2) is 29.3 Å². The number of hydrogen-bond acceptors (Lipinski definition) is 5. The van der Waals surface area contributed by atoms with Crippen LogP contribution in [0.2, 0.25) is 0 Å². The molecule has 0 amide bonds. The number of esters is 2. The van der Waals surface area contributed by atoms with Gasteiger partial charge in [0, 0.05) is 6.08 Å². The highest BCUT2D eigenvalue weighted by atomic mass is 16.7. The van der Waals surface area contributed by atoms with Crippen molar-refractivity contribution in [3.05, 3.63) is 25.3 Å². The fourth-order valence-electron chi connectivity index (χ4n) is 0.680. The van der Waals surface area contributed by atoms with Gasteiger partial charge in [-0.1, -0.05) is 13.2 Å². The Morgan fingerprint density at radius 2 is 1.81 bits per heavy atom. The van der Waals surface area contributed by atoms with E-state index < -0.39 is 24.2 Å². The van der Waals surface area contributed by atoms with Gasteiger partial charge in [-0.2, -0.15) is 0 Å². The molecule has 0 aliphatic rings. The Kier molecular flexibility index (Phi) is 6.27. The highest BCUT2D eigenvalue weighted by molar-refractivity contribution is 5.81. The predicted molar refractivity (Wildman–Crippen MR) is 53.2 cm³/mol. The summed E-state index contributed by atoms with van der Waals surface area (Å²) in [7, 11) is 0. The second kappa shape index (κ2) is 7.22. The molecule has 16 heavy (non-hydrogen) atoms. The van der Waals surface area contributed by atoms with Crippen LogP contribution < -0.4 is 0 Å². The number of aliphatic carboxylic acids is 1. The SMILES string of the molecule is C=CC(=O)OC(C=C)OC(=O)CCC(=O)O. The minimum Gasteiger partial charge on any atom is -0.481 e. The average molecular weight is 228 g/mol. The number of carboxylic acid groups (broad SMARTS) is 1. The predicted octanol–water partition coefficient (Wildman–Crippen LogP) is 0.636. The van der Waals surface area contributed by atoms with Crippen molar-refractivity contribution in [2.75, 3.05) is 0 Å². The van der Waals surface area contributed by atoms with Gasteiger partial charge >= 0.3 is 17.9 Å². The molecule has 0 aromatic heterocycles. The van der Waals surface area contributed by atoms with Gasteiger partial charge in [-0.05, 0) is 6.08 Å². The van der Waals surface area contributed by atoms with Gasteiger partial charge in [-0.3, -0.25) is 9.59 Å². The van der Waals surface area contributed by atoms with E-state index >= 15 is 0 Å². The zero-order valence-electron chi connectivity index (χ0n) is 8.55. The summed E-state index contributed by atoms with van der Waals surface area (Å²) < 4.78 is 9.17. The van der Waals surface area contributed by atoms with Crippen molar-refractivity contribution in [2.24, 2.45) is 0 Å². The van der Waals surface area contributed by atoms with Crippen LogP contribution in [0.1, 0.15) is 12.8 Å². The van der Waals surface area contributed by atoms with Crippen LogP contribution in [0.4, 0.5) is 0 Å². The van der Waals surface area contributed by atoms with Gasteiger partial charge in [-0.25, -0.2) is 4.79 Å². The Labute approximate surface area is 92.2 Å².